The van der Waals surface area contributed by atoms with Crippen molar-refractivity contribution in [2.24, 2.45) is 0 Å². The molecule has 0 aliphatic rings. The maximum Gasteiger partial charge on any atom is 0.220 e. The van der Waals surface area contributed by atoms with Gasteiger partial charge < -0.3 is 15.5 Å². The molecule has 2 atom stereocenters. The zero-order valence-corrected chi connectivity index (χ0v) is 16.5. The van der Waals surface area contributed by atoms with Gasteiger partial charge in [-0.1, -0.05) is 83.8 Å². The van der Waals surface area contributed by atoms with Crippen LogP contribution >= 0.6 is 0 Å². The summed E-state index contributed by atoms with van der Waals surface area (Å²) in [6.45, 7) is 4.02. The average Bonchev–Trinajstić information content (AvgIpc) is 2.62. The normalized spacial score (nSPS) is 13.9. The quantitative estimate of drug-likeness (QED) is 0.266. The summed E-state index contributed by atoms with van der Waals surface area (Å²) in [4.78, 5) is 11.7. The Morgan fingerprint density at radius 3 is 2.04 bits per heavy atom. The van der Waals surface area contributed by atoms with Crippen LogP contribution in [-0.4, -0.2) is 34.9 Å². The van der Waals surface area contributed by atoms with E-state index in [0.717, 1.165) is 25.7 Å². The lowest BCUT2D eigenvalue weighted by Crippen LogP contribution is -2.45. The van der Waals surface area contributed by atoms with E-state index >= 15 is 0 Å². The molecule has 0 spiro atoms. The SMILES string of the molecule is CCCCCCCCCCC/C=C/C(O)C(CO)NC(=O)CCCC. The number of allylic oxidation sites excluding steroid dienone is 1. The van der Waals surface area contributed by atoms with Crippen molar-refractivity contribution in [1.29, 1.82) is 0 Å². The monoisotopic (exact) mass is 355 g/mol. The van der Waals surface area contributed by atoms with E-state index < -0.39 is 12.1 Å². The Morgan fingerprint density at radius 1 is 0.920 bits per heavy atom. The molecule has 4 nitrogen and oxygen atoms in total. The van der Waals surface area contributed by atoms with Crippen LogP contribution in [0.25, 0.3) is 0 Å². The largest absolute Gasteiger partial charge is 0.394 e. The van der Waals surface area contributed by atoms with Gasteiger partial charge in [0.25, 0.3) is 0 Å². The molecule has 25 heavy (non-hydrogen) atoms. The summed E-state index contributed by atoms with van der Waals surface area (Å²) in [5.74, 6) is -0.104. The van der Waals surface area contributed by atoms with Gasteiger partial charge in [0.15, 0.2) is 0 Å². The Balaban J connectivity index is 3.71. The van der Waals surface area contributed by atoms with E-state index in [9.17, 15) is 15.0 Å². The summed E-state index contributed by atoms with van der Waals surface area (Å²) in [6.07, 6.45) is 17.7. The van der Waals surface area contributed by atoms with Crippen molar-refractivity contribution in [3.63, 3.8) is 0 Å². The van der Waals surface area contributed by atoms with Gasteiger partial charge in [0.05, 0.1) is 18.8 Å². The molecule has 1 amide bonds. The van der Waals surface area contributed by atoms with Gasteiger partial charge in [-0.15, -0.1) is 0 Å². The Hall–Kier alpha value is -0.870. The van der Waals surface area contributed by atoms with Crippen molar-refractivity contribution in [2.45, 2.75) is 109 Å². The van der Waals surface area contributed by atoms with Gasteiger partial charge in [0.2, 0.25) is 5.91 Å². The lowest BCUT2D eigenvalue weighted by Gasteiger charge is -2.19. The van der Waals surface area contributed by atoms with E-state index in [2.05, 4.69) is 12.2 Å². The predicted molar refractivity (Wildman–Crippen MR) is 106 cm³/mol. The number of aliphatic hydroxyl groups is 2. The van der Waals surface area contributed by atoms with Gasteiger partial charge in [-0.25, -0.2) is 0 Å². The highest BCUT2D eigenvalue weighted by molar-refractivity contribution is 5.76. The molecule has 0 fully saturated rings. The van der Waals surface area contributed by atoms with Gasteiger partial charge in [-0.3, -0.25) is 4.79 Å². The van der Waals surface area contributed by atoms with Gasteiger partial charge in [-0.2, -0.15) is 0 Å². The predicted octanol–water partition coefficient (Wildman–Crippen LogP) is 4.49. The Morgan fingerprint density at radius 2 is 1.48 bits per heavy atom. The molecule has 0 aromatic rings. The molecule has 0 saturated heterocycles. The molecule has 0 heterocycles. The molecule has 0 aromatic heterocycles. The lowest BCUT2D eigenvalue weighted by atomic mass is 10.1. The van der Waals surface area contributed by atoms with Gasteiger partial charge >= 0.3 is 0 Å². The van der Waals surface area contributed by atoms with E-state index in [1.165, 1.54) is 51.4 Å². The van der Waals surface area contributed by atoms with Crippen LogP contribution in [0.3, 0.4) is 0 Å². The summed E-state index contributed by atoms with van der Waals surface area (Å²) in [7, 11) is 0. The Bertz CT molecular complexity index is 331. The van der Waals surface area contributed by atoms with Crippen molar-refractivity contribution in [1.82, 2.24) is 5.32 Å². The number of aliphatic hydroxyl groups excluding tert-OH is 2. The smallest absolute Gasteiger partial charge is 0.220 e. The molecular formula is C21H41NO3. The second-order valence-corrected chi connectivity index (χ2v) is 7.00. The fraction of sp³-hybridized carbons (Fsp3) is 0.857. The van der Waals surface area contributed by atoms with E-state index in [-0.39, 0.29) is 12.5 Å². The zero-order valence-electron chi connectivity index (χ0n) is 16.5. The summed E-state index contributed by atoms with van der Waals surface area (Å²) < 4.78 is 0. The molecule has 0 saturated carbocycles. The summed E-state index contributed by atoms with van der Waals surface area (Å²) in [5.41, 5.74) is 0. The number of carbonyl (C=O) groups is 1. The first-order chi connectivity index (χ1) is 12.2. The zero-order chi connectivity index (χ0) is 18.8. The minimum Gasteiger partial charge on any atom is -0.394 e. The highest BCUT2D eigenvalue weighted by Crippen LogP contribution is 2.11. The van der Waals surface area contributed by atoms with Crippen molar-refractivity contribution >= 4 is 5.91 Å². The third-order valence-electron chi connectivity index (χ3n) is 4.52. The number of hydrogen-bond acceptors (Lipinski definition) is 3. The fourth-order valence-electron chi connectivity index (χ4n) is 2.80. The molecule has 148 valence electrons. The molecule has 0 radical (unpaired) electrons. The van der Waals surface area contributed by atoms with Crippen LogP contribution in [0.1, 0.15) is 97.3 Å². The summed E-state index contributed by atoms with van der Waals surface area (Å²) >= 11 is 0. The van der Waals surface area contributed by atoms with Gasteiger partial charge in [-0.05, 0) is 19.3 Å². The van der Waals surface area contributed by atoms with Crippen molar-refractivity contribution in [3.8, 4) is 0 Å². The molecular weight excluding hydrogens is 314 g/mol. The maximum absolute atomic E-state index is 11.7. The number of hydrogen-bond donors (Lipinski definition) is 3. The van der Waals surface area contributed by atoms with Gasteiger partial charge in [0, 0.05) is 6.42 Å². The average molecular weight is 356 g/mol. The number of nitrogens with one attached hydrogen (secondary N) is 1. The molecule has 0 aromatic carbocycles. The first-order valence-corrected chi connectivity index (χ1v) is 10.4. The lowest BCUT2D eigenvalue weighted by molar-refractivity contribution is -0.122. The molecule has 2 unspecified atom stereocenters. The fourth-order valence-corrected chi connectivity index (χ4v) is 2.80. The van der Waals surface area contributed by atoms with Crippen LogP contribution in [0.4, 0.5) is 0 Å². The number of amides is 1. The topological polar surface area (TPSA) is 69.6 Å². The standard InChI is InChI=1S/C21H41NO3/c1-3-5-7-8-9-10-11-12-13-14-15-16-20(24)19(18-23)22-21(25)17-6-4-2/h15-16,19-20,23-24H,3-14,17-18H2,1-2H3,(H,22,25)/b16-15+. The first kappa shape index (κ1) is 24.1. The van der Waals surface area contributed by atoms with E-state index in [4.69, 9.17) is 0 Å². The van der Waals surface area contributed by atoms with E-state index in [1.54, 1.807) is 6.08 Å². The molecule has 0 aliphatic carbocycles. The van der Waals surface area contributed by atoms with Crippen LogP contribution in [0, 0.1) is 0 Å². The molecule has 0 bridgehead atoms. The molecule has 0 rings (SSSR count). The van der Waals surface area contributed by atoms with Gasteiger partial charge in [0.1, 0.15) is 0 Å². The Kier molecular flexibility index (Phi) is 17.3. The second-order valence-electron chi connectivity index (χ2n) is 7.00. The van der Waals surface area contributed by atoms with Crippen molar-refractivity contribution in [2.75, 3.05) is 6.61 Å². The summed E-state index contributed by atoms with van der Waals surface area (Å²) in [5, 5.41) is 22.1. The molecule has 4 heteroatoms. The van der Waals surface area contributed by atoms with Crippen LogP contribution < -0.4 is 5.32 Å². The van der Waals surface area contributed by atoms with Crippen LogP contribution in [0.15, 0.2) is 12.2 Å². The number of unbranched alkanes of at least 4 members (excludes halogenated alkanes) is 10. The van der Waals surface area contributed by atoms with E-state index in [1.807, 2.05) is 13.0 Å². The van der Waals surface area contributed by atoms with Crippen LogP contribution in [0.2, 0.25) is 0 Å². The minimum atomic E-state index is -0.825. The molecule has 0 aliphatic heterocycles. The highest BCUT2D eigenvalue weighted by Gasteiger charge is 2.17. The Labute approximate surface area is 155 Å². The van der Waals surface area contributed by atoms with Crippen LogP contribution in [-0.2, 0) is 4.79 Å². The minimum absolute atomic E-state index is 0.104. The van der Waals surface area contributed by atoms with Crippen molar-refractivity contribution in [3.05, 3.63) is 12.2 Å². The number of carbonyl (C=O) groups excluding carboxylic acids is 1. The van der Waals surface area contributed by atoms with E-state index in [0.29, 0.717) is 6.42 Å². The third kappa shape index (κ3) is 15.1. The maximum atomic E-state index is 11.7. The molecule has 3 N–H and O–H groups in total. The second kappa shape index (κ2) is 17.9. The van der Waals surface area contributed by atoms with Crippen LogP contribution in [0.5, 0.6) is 0 Å². The summed E-state index contributed by atoms with van der Waals surface area (Å²) in [6, 6.07) is -0.608. The highest BCUT2D eigenvalue weighted by atomic mass is 16.3. The first-order valence-electron chi connectivity index (χ1n) is 10.4. The van der Waals surface area contributed by atoms with Crippen molar-refractivity contribution < 1.29 is 15.0 Å². The third-order valence-corrected chi connectivity index (χ3v) is 4.52. The number of rotatable bonds is 17.